The molecule has 0 unspecified atom stereocenters. The Morgan fingerprint density at radius 2 is 1.81 bits per heavy atom. The Labute approximate surface area is 92.5 Å². The highest BCUT2D eigenvalue weighted by atomic mass is 32.2. The molecule has 0 amide bonds. The molecule has 1 aromatic rings. The average Bonchev–Trinajstić information content (AvgIpc) is 2.29. The first-order chi connectivity index (χ1) is 7.65. The van der Waals surface area contributed by atoms with Crippen LogP contribution < -0.4 is 0 Å². The number of Topliss-reactive ketones (excluding diaryl/α,β-unsaturated/α-hetero) is 1. The standard InChI is InChI=1S/C10H6N2O3S/c11-12-8-5-9(16(14)15)6-3-1-2-4-7(6)10(8)13/h1-4H,5H2. The number of rotatable bonds is 0. The average molecular weight is 234 g/mol. The first-order valence-corrected chi connectivity index (χ1v) is 5.52. The quantitative estimate of drug-likeness (QED) is 0.368. The molecule has 0 saturated heterocycles. The molecule has 0 N–H and O–H groups in total. The van der Waals surface area contributed by atoms with Gasteiger partial charge in [-0.15, -0.1) is 0 Å². The predicted octanol–water partition coefficient (Wildman–Crippen LogP) is 0.343. The van der Waals surface area contributed by atoms with E-state index < -0.39 is 16.1 Å². The number of nitrogens with zero attached hydrogens (tertiary/aromatic N) is 2. The molecule has 0 heterocycles. The SMILES string of the molecule is [N-]=[N+]=C1CC(=S(=O)=O)c2ccccc2C1=O. The molecule has 16 heavy (non-hydrogen) atoms. The molecule has 6 heteroatoms. The molecule has 0 radical (unpaired) electrons. The van der Waals surface area contributed by atoms with Gasteiger partial charge in [0.2, 0.25) is 10.3 Å². The monoisotopic (exact) mass is 234 g/mol. The van der Waals surface area contributed by atoms with Crippen molar-refractivity contribution in [1.29, 1.82) is 0 Å². The summed E-state index contributed by atoms with van der Waals surface area (Å²) in [6.45, 7) is 0. The third kappa shape index (κ3) is 1.50. The van der Waals surface area contributed by atoms with E-state index in [0.717, 1.165) is 0 Å². The molecule has 0 fully saturated rings. The molecule has 0 bridgehead atoms. The number of carbonyl (C=O) groups is 1. The molecule has 0 aliphatic heterocycles. The van der Waals surface area contributed by atoms with Gasteiger partial charge in [0.25, 0.3) is 5.78 Å². The summed E-state index contributed by atoms with van der Waals surface area (Å²) in [6, 6.07) is 6.35. The van der Waals surface area contributed by atoms with E-state index in [-0.39, 0.29) is 22.6 Å². The van der Waals surface area contributed by atoms with Crippen molar-refractivity contribution in [2.24, 2.45) is 0 Å². The fourth-order valence-corrected chi connectivity index (χ4v) is 2.25. The molecular formula is C10H6N2O3S. The minimum atomic E-state index is -2.43. The van der Waals surface area contributed by atoms with Gasteiger partial charge < -0.3 is 5.53 Å². The maximum atomic E-state index is 11.7. The fourth-order valence-electron chi connectivity index (χ4n) is 1.64. The van der Waals surface area contributed by atoms with Crippen LogP contribution in [0, 0.1) is 0 Å². The lowest BCUT2D eigenvalue weighted by Crippen LogP contribution is -2.28. The highest BCUT2D eigenvalue weighted by Gasteiger charge is 2.33. The van der Waals surface area contributed by atoms with Crippen LogP contribution in [0.1, 0.15) is 22.3 Å². The fraction of sp³-hybridized carbons (Fsp3) is 0.100. The van der Waals surface area contributed by atoms with Crippen molar-refractivity contribution in [3.05, 3.63) is 40.9 Å². The van der Waals surface area contributed by atoms with Crippen molar-refractivity contribution in [3.63, 3.8) is 0 Å². The molecule has 0 atom stereocenters. The summed E-state index contributed by atoms with van der Waals surface area (Å²) in [4.78, 5) is 14.6. The van der Waals surface area contributed by atoms with E-state index in [2.05, 4.69) is 4.79 Å². The van der Waals surface area contributed by atoms with Crippen LogP contribution in [-0.2, 0) is 10.3 Å². The summed E-state index contributed by atoms with van der Waals surface area (Å²) in [5, 5.41) is 0. The number of carbonyl (C=O) groups excluding carboxylic acids is 1. The van der Waals surface area contributed by atoms with E-state index in [0.29, 0.717) is 5.56 Å². The van der Waals surface area contributed by atoms with Crippen LogP contribution in [0.25, 0.3) is 5.53 Å². The second-order valence-electron chi connectivity index (χ2n) is 3.26. The second-order valence-corrected chi connectivity index (χ2v) is 4.22. The number of ketones is 1. The Morgan fingerprint density at radius 1 is 1.19 bits per heavy atom. The van der Waals surface area contributed by atoms with Crippen LogP contribution in [0.4, 0.5) is 0 Å². The normalized spacial score (nSPS) is 14.4. The number of fused-ring (bicyclic) bond motifs is 1. The Bertz CT molecular complexity index is 659. The molecule has 2 rings (SSSR count). The van der Waals surface area contributed by atoms with Crippen LogP contribution in [0.3, 0.4) is 0 Å². The van der Waals surface area contributed by atoms with Gasteiger partial charge >= 0.3 is 5.71 Å². The van der Waals surface area contributed by atoms with Crippen LogP contribution in [0.5, 0.6) is 0 Å². The third-order valence-electron chi connectivity index (χ3n) is 2.38. The molecule has 80 valence electrons. The molecule has 0 aromatic heterocycles. The second kappa shape index (κ2) is 3.84. The molecule has 1 aliphatic carbocycles. The van der Waals surface area contributed by atoms with E-state index in [1.165, 1.54) is 6.07 Å². The Hall–Kier alpha value is -2.04. The van der Waals surface area contributed by atoms with Crippen LogP contribution in [0.2, 0.25) is 0 Å². The minimum Gasteiger partial charge on any atom is -0.361 e. The number of benzene rings is 1. The largest absolute Gasteiger partial charge is 0.361 e. The van der Waals surface area contributed by atoms with Gasteiger partial charge in [0, 0.05) is 11.1 Å². The molecule has 0 spiro atoms. The maximum absolute atomic E-state index is 11.7. The first kappa shape index (κ1) is 10.5. The van der Waals surface area contributed by atoms with Gasteiger partial charge in [0.15, 0.2) is 0 Å². The van der Waals surface area contributed by atoms with Gasteiger partial charge in [0.1, 0.15) is 0 Å². The molecule has 1 aromatic carbocycles. The number of hydrogen-bond donors (Lipinski definition) is 0. The lowest BCUT2D eigenvalue weighted by molar-refractivity contribution is -0.00789. The van der Waals surface area contributed by atoms with E-state index in [1.807, 2.05) is 0 Å². The smallest absolute Gasteiger partial charge is 0.344 e. The Morgan fingerprint density at radius 3 is 2.38 bits per heavy atom. The van der Waals surface area contributed by atoms with Crippen molar-refractivity contribution in [1.82, 2.24) is 0 Å². The summed E-state index contributed by atoms with van der Waals surface area (Å²) in [5.41, 5.74) is 9.12. The predicted molar refractivity (Wildman–Crippen MR) is 57.0 cm³/mol. The van der Waals surface area contributed by atoms with Gasteiger partial charge in [-0.05, 0) is 0 Å². The van der Waals surface area contributed by atoms with Crippen molar-refractivity contribution in [3.8, 4) is 0 Å². The summed E-state index contributed by atoms with van der Waals surface area (Å²) < 4.78 is 22.0. The Balaban J connectivity index is 2.86. The van der Waals surface area contributed by atoms with Gasteiger partial charge in [0.05, 0.1) is 11.3 Å². The zero-order valence-corrected chi connectivity index (χ0v) is 8.86. The Kier molecular flexibility index (Phi) is 2.52. The van der Waals surface area contributed by atoms with Crippen molar-refractivity contribution in [2.45, 2.75) is 6.42 Å². The summed E-state index contributed by atoms with van der Waals surface area (Å²) in [5.74, 6) is -0.438. The van der Waals surface area contributed by atoms with Crippen LogP contribution in [0.15, 0.2) is 24.3 Å². The maximum Gasteiger partial charge on any atom is 0.344 e. The van der Waals surface area contributed by atoms with Crippen LogP contribution in [-0.4, -0.2) is 29.6 Å². The van der Waals surface area contributed by atoms with Crippen molar-refractivity contribution in [2.75, 3.05) is 0 Å². The van der Waals surface area contributed by atoms with Crippen molar-refractivity contribution >= 4 is 26.7 Å². The van der Waals surface area contributed by atoms with Gasteiger partial charge in [-0.2, -0.15) is 13.2 Å². The first-order valence-electron chi connectivity index (χ1n) is 4.45. The van der Waals surface area contributed by atoms with Crippen LogP contribution >= 0.6 is 0 Å². The lowest BCUT2D eigenvalue weighted by atomic mass is 9.89. The van der Waals surface area contributed by atoms with Gasteiger partial charge in [-0.1, -0.05) is 24.3 Å². The van der Waals surface area contributed by atoms with E-state index in [1.54, 1.807) is 18.2 Å². The molecule has 0 saturated carbocycles. The van der Waals surface area contributed by atoms with Gasteiger partial charge in [-0.3, -0.25) is 4.79 Å². The molecule has 5 nitrogen and oxygen atoms in total. The zero-order valence-electron chi connectivity index (χ0n) is 8.04. The summed E-state index contributed by atoms with van der Waals surface area (Å²) in [7, 11) is -2.43. The highest BCUT2D eigenvalue weighted by molar-refractivity contribution is 7.73. The molecule has 1 aliphatic rings. The van der Waals surface area contributed by atoms with Gasteiger partial charge in [-0.25, -0.2) is 0 Å². The zero-order chi connectivity index (χ0) is 11.7. The number of hydrogen-bond acceptors (Lipinski definition) is 3. The summed E-state index contributed by atoms with van der Waals surface area (Å²) in [6.07, 6.45) is -0.164. The minimum absolute atomic E-state index is 0.0722. The van der Waals surface area contributed by atoms with Crippen molar-refractivity contribution < 1.29 is 18.0 Å². The lowest BCUT2D eigenvalue weighted by Gasteiger charge is -2.10. The molecular weight excluding hydrogens is 228 g/mol. The van der Waals surface area contributed by atoms with E-state index in [9.17, 15) is 13.2 Å². The van der Waals surface area contributed by atoms with E-state index >= 15 is 0 Å². The van der Waals surface area contributed by atoms with E-state index in [4.69, 9.17) is 5.53 Å². The highest BCUT2D eigenvalue weighted by Crippen LogP contribution is 2.18. The third-order valence-corrected chi connectivity index (χ3v) is 3.15. The summed E-state index contributed by atoms with van der Waals surface area (Å²) >= 11 is 0. The topological polar surface area (TPSA) is 87.6 Å².